The molecule has 0 radical (unpaired) electrons. The van der Waals surface area contributed by atoms with Gasteiger partial charge in [0, 0.05) is 5.69 Å². The molecule has 24 heavy (non-hydrogen) atoms. The fourth-order valence-electron chi connectivity index (χ4n) is 2.36. The van der Waals surface area contributed by atoms with E-state index < -0.39 is 23.8 Å². The Hall–Kier alpha value is -2.70. The van der Waals surface area contributed by atoms with Crippen molar-refractivity contribution >= 4 is 11.6 Å². The number of carbonyl (C=O) groups excluding carboxylic acids is 1. The Morgan fingerprint density at radius 2 is 1.88 bits per heavy atom. The zero-order chi connectivity index (χ0) is 17.2. The second kappa shape index (κ2) is 6.43. The molecule has 0 spiro atoms. The number of benzene rings is 2. The van der Waals surface area contributed by atoms with Crippen molar-refractivity contribution in [2.24, 2.45) is 0 Å². The summed E-state index contributed by atoms with van der Waals surface area (Å²) in [7, 11) is 0. The molecule has 1 N–H and O–H groups in total. The van der Waals surface area contributed by atoms with Crippen LogP contribution in [0.5, 0.6) is 11.5 Å². The molecule has 2 aromatic carbocycles. The molecule has 126 valence electrons. The molecule has 1 amide bonds. The highest BCUT2D eigenvalue weighted by molar-refractivity contribution is 5.91. The van der Waals surface area contributed by atoms with E-state index in [1.54, 1.807) is 18.2 Å². The van der Waals surface area contributed by atoms with E-state index in [4.69, 9.17) is 9.47 Å². The highest BCUT2D eigenvalue weighted by atomic mass is 19.4. The van der Waals surface area contributed by atoms with Crippen molar-refractivity contribution < 1.29 is 27.4 Å². The maximum Gasteiger partial charge on any atom is 0.416 e. The fraction of sp³-hybridized carbons (Fsp3) is 0.235. The SMILES string of the molecule is O=C(C[C@@H]1COc2ccccc2O1)Nc1cccc(C(F)(F)F)c1. The van der Waals surface area contributed by atoms with Gasteiger partial charge in [-0.25, -0.2) is 0 Å². The predicted molar refractivity (Wildman–Crippen MR) is 81.0 cm³/mol. The minimum absolute atomic E-state index is 0.0232. The van der Waals surface area contributed by atoms with E-state index in [0.717, 1.165) is 12.1 Å². The van der Waals surface area contributed by atoms with Crippen LogP contribution in [-0.2, 0) is 11.0 Å². The van der Waals surface area contributed by atoms with Crippen molar-refractivity contribution in [2.45, 2.75) is 18.7 Å². The van der Waals surface area contributed by atoms with Crippen LogP contribution in [0.3, 0.4) is 0 Å². The monoisotopic (exact) mass is 337 g/mol. The summed E-state index contributed by atoms with van der Waals surface area (Å²) in [5.74, 6) is 0.704. The van der Waals surface area contributed by atoms with Crippen molar-refractivity contribution in [3.8, 4) is 11.5 Å². The topological polar surface area (TPSA) is 47.6 Å². The Bertz CT molecular complexity index is 746. The Morgan fingerprint density at radius 1 is 1.12 bits per heavy atom. The van der Waals surface area contributed by atoms with Crippen LogP contribution in [0, 0.1) is 0 Å². The number of hydrogen-bond acceptors (Lipinski definition) is 3. The molecule has 1 heterocycles. The molecule has 0 aliphatic carbocycles. The summed E-state index contributed by atoms with van der Waals surface area (Å²) in [6, 6.07) is 11.6. The number of rotatable bonds is 3. The number of alkyl halides is 3. The first kappa shape index (κ1) is 16.2. The van der Waals surface area contributed by atoms with Gasteiger partial charge >= 0.3 is 6.18 Å². The minimum atomic E-state index is -4.45. The lowest BCUT2D eigenvalue weighted by Gasteiger charge is -2.26. The molecule has 2 aromatic rings. The van der Waals surface area contributed by atoms with E-state index in [-0.39, 0.29) is 18.7 Å². The maximum absolute atomic E-state index is 12.7. The van der Waals surface area contributed by atoms with Gasteiger partial charge in [-0.3, -0.25) is 4.79 Å². The van der Waals surface area contributed by atoms with Crippen LogP contribution in [0.15, 0.2) is 48.5 Å². The van der Waals surface area contributed by atoms with Gasteiger partial charge in [-0.05, 0) is 30.3 Å². The molecule has 1 atom stereocenters. The average molecular weight is 337 g/mol. The lowest BCUT2D eigenvalue weighted by atomic mass is 10.1. The Morgan fingerprint density at radius 3 is 2.62 bits per heavy atom. The number of amides is 1. The molecule has 7 heteroatoms. The number of anilines is 1. The largest absolute Gasteiger partial charge is 0.486 e. The normalized spacial score (nSPS) is 16.5. The van der Waals surface area contributed by atoms with Crippen LogP contribution in [0.25, 0.3) is 0 Å². The van der Waals surface area contributed by atoms with Crippen molar-refractivity contribution in [3.05, 3.63) is 54.1 Å². The third-order valence-corrected chi connectivity index (χ3v) is 3.45. The van der Waals surface area contributed by atoms with Gasteiger partial charge in [0.15, 0.2) is 11.5 Å². The summed E-state index contributed by atoms with van der Waals surface area (Å²) in [5.41, 5.74) is -0.724. The second-order valence-electron chi connectivity index (χ2n) is 5.33. The molecule has 0 unspecified atom stereocenters. The van der Waals surface area contributed by atoms with Gasteiger partial charge in [0.25, 0.3) is 0 Å². The van der Waals surface area contributed by atoms with Crippen LogP contribution in [0.1, 0.15) is 12.0 Å². The van der Waals surface area contributed by atoms with Crippen molar-refractivity contribution in [1.82, 2.24) is 0 Å². The average Bonchev–Trinajstić information content (AvgIpc) is 2.54. The van der Waals surface area contributed by atoms with Gasteiger partial charge in [-0.15, -0.1) is 0 Å². The third-order valence-electron chi connectivity index (χ3n) is 3.45. The second-order valence-corrected chi connectivity index (χ2v) is 5.33. The van der Waals surface area contributed by atoms with E-state index in [0.29, 0.717) is 11.5 Å². The predicted octanol–water partition coefficient (Wildman–Crippen LogP) is 3.87. The lowest BCUT2D eigenvalue weighted by Crippen LogP contribution is -2.33. The lowest BCUT2D eigenvalue weighted by molar-refractivity contribution is -0.137. The zero-order valence-corrected chi connectivity index (χ0v) is 12.5. The summed E-state index contributed by atoms with van der Waals surface area (Å²) >= 11 is 0. The van der Waals surface area contributed by atoms with Crippen LogP contribution < -0.4 is 14.8 Å². The molecule has 0 aromatic heterocycles. The number of nitrogens with one attached hydrogen (secondary N) is 1. The molecular weight excluding hydrogens is 323 g/mol. The molecule has 0 saturated heterocycles. The molecule has 3 rings (SSSR count). The number of para-hydroxylation sites is 2. The Labute approximate surface area is 136 Å². The molecule has 4 nitrogen and oxygen atoms in total. The van der Waals surface area contributed by atoms with Gasteiger partial charge < -0.3 is 14.8 Å². The van der Waals surface area contributed by atoms with Crippen molar-refractivity contribution in [2.75, 3.05) is 11.9 Å². The molecule has 1 aliphatic heterocycles. The maximum atomic E-state index is 12.7. The Balaban J connectivity index is 1.61. The molecule has 0 fully saturated rings. The first-order valence-corrected chi connectivity index (χ1v) is 7.27. The summed E-state index contributed by atoms with van der Waals surface area (Å²) in [4.78, 5) is 12.0. The van der Waals surface area contributed by atoms with Crippen molar-refractivity contribution in [3.63, 3.8) is 0 Å². The highest BCUT2D eigenvalue weighted by Gasteiger charge is 2.30. The van der Waals surface area contributed by atoms with Gasteiger partial charge in [-0.2, -0.15) is 13.2 Å². The van der Waals surface area contributed by atoms with Gasteiger partial charge in [0.05, 0.1) is 12.0 Å². The number of fused-ring (bicyclic) bond motifs is 1. The first-order chi connectivity index (χ1) is 11.4. The number of ether oxygens (including phenoxy) is 2. The van der Waals surface area contributed by atoms with Crippen LogP contribution in [0.4, 0.5) is 18.9 Å². The van der Waals surface area contributed by atoms with Crippen LogP contribution in [-0.4, -0.2) is 18.6 Å². The van der Waals surface area contributed by atoms with E-state index in [1.807, 2.05) is 6.07 Å². The van der Waals surface area contributed by atoms with Crippen LogP contribution in [0.2, 0.25) is 0 Å². The summed E-state index contributed by atoms with van der Waals surface area (Å²) in [5, 5.41) is 2.45. The number of hydrogen-bond donors (Lipinski definition) is 1. The van der Waals surface area contributed by atoms with Crippen LogP contribution >= 0.6 is 0 Å². The number of halogens is 3. The molecule has 1 aliphatic rings. The standard InChI is InChI=1S/C17H14F3NO3/c18-17(19,20)11-4-3-5-12(8-11)21-16(22)9-13-10-23-14-6-1-2-7-15(14)24-13/h1-8,13H,9-10H2,(H,21,22)/t13-/m1/s1. The van der Waals surface area contributed by atoms with Gasteiger partial charge in [-0.1, -0.05) is 18.2 Å². The molecule has 0 saturated carbocycles. The van der Waals surface area contributed by atoms with E-state index in [9.17, 15) is 18.0 Å². The van der Waals surface area contributed by atoms with E-state index in [1.165, 1.54) is 12.1 Å². The third kappa shape index (κ3) is 3.79. The first-order valence-electron chi connectivity index (χ1n) is 7.27. The quantitative estimate of drug-likeness (QED) is 0.925. The zero-order valence-electron chi connectivity index (χ0n) is 12.5. The fourth-order valence-corrected chi connectivity index (χ4v) is 2.36. The molecular formula is C17H14F3NO3. The van der Waals surface area contributed by atoms with Gasteiger partial charge in [0.1, 0.15) is 12.7 Å². The number of carbonyl (C=O) groups is 1. The van der Waals surface area contributed by atoms with Crippen molar-refractivity contribution in [1.29, 1.82) is 0 Å². The summed E-state index contributed by atoms with van der Waals surface area (Å²) < 4.78 is 49.2. The van der Waals surface area contributed by atoms with Gasteiger partial charge in [0.2, 0.25) is 5.91 Å². The minimum Gasteiger partial charge on any atom is -0.486 e. The smallest absolute Gasteiger partial charge is 0.416 e. The van der Waals surface area contributed by atoms with E-state index >= 15 is 0 Å². The highest BCUT2D eigenvalue weighted by Crippen LogP contribution is 2.32. The summed E-state index contributed by atoms with van der Waals surface area (Å²) in [6.45, 7) is 0.201. The Kier molecular flexibility index (Phi) is 4.33. The summed E-state index contributed by atoms with van der Waals surface area (Å²) in [6.07, 6.45) is -4.97. The molecule has 0 bridgehead atoms. The van der Waals surface area contributed by atoms with E-state index in [2.05, 4.69) is 5.32 Å².